The van der Waals surface area contributed by atoms with Crippen LogP contribution in [0.1, 0.15) is 31.5 Å². The average Bonchev–Trinajstić information content (AvgIpc) is 3.27. The standard InChI is InChI=1S/C16H18N6O/c1-12(20-16(23)13(2)22-11-17-10-19-22)14-5-3-6-15(9-14)21-8-4-7-18-21/h3-13H,1-2H3,(H,20,23)/t12-,13-/m1/s1. The van der Waals surface area contributed by atoms with Crippen LogP contribution < -0.4 is 5.32 Å². The minimum atomic E-state index is -0.408. The summed E-state index contributed by atoms with van der Waals surface area (Å²) >= 11 is 0. The van der Waals surface area contributed by atoms with Crippen LogP contribution in [-0.4, -0.2) is 30.5 Å². The summed E-state index contributed by atoms with van der Waals surface area (Å²) in [4.78, 5) is 16.2. The molecule has 0 unspecified atom stereocenters. The molecule has 0 aliphatic rings. The average molecular weight is 310 g/mol. The van der Waals surface area contributed by atoms with Crippen molar-refractivity contribution in [1.82, 2.24) is 29.9 Å². The first kappa shape index (κ1) is 15.0. The second-order valence-electron chi connectivity index (χ2n) is 5.33. The molecule has 7 nitrogen and oxygen atoms in total. The van der Waals surface area contributed by atoms with Crippen molar-refractivity contribution in [3.8, 4) is 5.69 Å². The van der Waals surface area contributed by atoms with Crippen molar-refractivity contribution in [3.05, 3.63) is 60.9 Å². The van der Waals surface area contributed by atoms with Gasteiger partial charge in [0.2, 0.25) is 5.91 Å². The van der Waals surface area contributed by atoms with Gasteiger partial charge in [-0.15, -0.1) is 0 Å². The number of nitrogens with one attached hydrogen (secondary N) is 1. The fourth-order valence-corrected chi connectivity index (χ4v) is 2.31. The Kier molecular flexibility index (Phi) is 4.18. The number of benzene rings is 1. The lowest BCUT2D eigenvalue weighted by molar-refractivity contribution is -0.124. The molecule has 3 aromatic rings. The first-order chi connectivity index (χ1) is 11.1. The molecule has 1 aromatic carbocycles. The Bertz CT molecular complexity index is 766. The molecule has 0 fully saturated rings. The van der Waals surface area contributed by atoms with Crippen LogP contribution in [-0.2, 0) is 4.79 Å². The minimum absolute atomic E-state index is 0.104. The zero-order chi connectivity index (χ0) is 16.2. The third kappa shape index (κ3) is 3.28. The fraction of sp³-hybridized carbons (Fsp3) is 0.250. The Morgan fingerprint density at radius 2 is 2.09 bits per heavy atom. The van der Waals surface area contributed by atoms with E-state index in [-0.39, 0.29) is 11.9 Å². The maximum absolute atomic E-state index is 12.3. The van der Waals surface area contributed by atoms with Gasteiger partial charge in [-0.3, -0.25) is 4.79 Å². The number of nitrogens with zero attached hydrogens (tertiary/aromatic N) is 5. The Hall–Kier alpha value is -2.96. The van der Waals surface area contributed by atoms with Gasteiger partial charge in [-0.1, -0.05) is 12.1 Å². The van der Waals surface area contributed by atoms with Crippen molar-refractivity contribution in [2.24, 2.45) is 0 Å². The number of hydrogen-bond acceptors (Lipinski definition) is 4. The van der Waals surface area contributed by atoms with Crippen molar-refractivity contribution >= 4 is 5.91 Å². The molecule has 1 amide bonds. The topological polar surface area (TPSA) is 77.6 Å². The summed E-state index contributed by atoms with van der Waals surface area (Å²) in [6.45, 7) is 3.74. The van der Waals surface area contributed by atoms with E-state index in [1.54, 1.807) is 17.8 Å². The molecule has 2 atom stereocenters. The molecule has 118 valence electrons. The summed E-state index contributed by atoms with van der Waals surface area (Å²) in [6, 6.07) is 9.27. The monoisotopic (exact) mass is 310 g/mol. The van der Waals surface area contributed by atoms with Gasteiger partial charge in [0, 0.05) is 12.4 Å². The van der Waals surface area contributed by atoms with Crippen LogP contribution in [0.15, 0.2) is 55.4 Å². The Labute approximate surface area is 134 Å². The van der Waals surface area contributed by atoms with Gasteiger partial charge in [-0.2, -0.15) is 10.2 Å². The van der Waals surface area contributed by atoms with Crippen molar-refractivity contribution in [1.29, 1.82) is 0 Å². The molecule has 0 saturated carbocycles. The fourth-order valence-electron chi connectivity index (χ4n) is 2.31. The van der Waals surface area contributed by atoms with E-state index in [4.69, 9.17) is 0 Å². The molecule has 1 N–H and O–H groups in total. The molecule has 0 bridgehead atoms. The van der Waals surface area contributed by atoms with Gasteiger partial charge in [-0.25, -0.2) is 14.3 Å². The van der Waals surface area contributed by atoms with Crippen LogP contribution in [0.3, 0.4) is 0 Å². The summed E-state index contributed by atoms with van der Waals surface area (Å²) < 4.78 is 3.32. The van der Waals surface area contributed by atoms with Crippen molar-refractivity contribution in [2.75, 3.05) is 0 Å². The summed E-state index contributed by atoms with van der Waals surface area (Å²) in [6.07, 6.45) is 6.57. The van der Waals surface area contributed by atoms with Gasteiger partial charge in [0.05, 0.1) is 11.7 Å². The smallest absolute Gasteiger partial charge is 0.245 e. The van der Waals surface area contributed by atoms with Gasteiger partial charge >= 0.3 is 0 Å². The first-order valence-corrected chi connectivity index (χ1v) is 7.39. The third-order valence-corrected chi connectivity index (χ3v) is 3.71. The van der Waals surface area contributed by atoms with Gasteiger partial charge in [-0.05, 0) is 37.6 Å². The molecule has 3 rings (SSSR count). The first-order valence-electron chi connectivity index (χ1n) is 7.39. The second kappa shape index (κ2) is 6.43. The quantitative estimate of drug-likeness (QED) is 0.781. The van der Waals surface area contributed by atoms with E-state index < -0.39 is 6.04 Å². The predicted molar refractivity (Wildman–Crippen MR) is 84.9 cm³/mol. The molecule has 0 spiro atoms. The highest BCUT2D eigenvalue weighted by Crippen LogP contribution is 2.17. The number of carbonyl (C=O) groups is 1. The van der Waals surface area contributed by atoms with Crippen LogP contribution in [0.2, 0.25) is 0 Å². The second-order valence-corrected chi connectivity index (χ2v) is 5.33. The van der Waals surface area contributed by atoms with Crippen LogP contribution in [0, 0.1) is 0 Å². The Balaban J connectivity index is 1.72. The highest BCUT2D eigenvalue weighted by molar-refractivity contribution is 5.80. The number of hydrogen-bond donors (Lipinski definition) is 1. The van der Waals surface area contributed by atoms with Crippen LogP contribution in [0.25, 0.3) is 5.69 Å². The lowest BCUT2D eigenvalue weighted by Crippen LogP contribution is -2.33. The zero-order valence-corrected chi connectivity index (χ0v) is 13.0. The molecule has 0 saturated heterocycles. The van der Waals surface area contributed by atoms with Gasteiger partial charge in [0.25, 0.3) is 0 Å². The summed E-state index contributed by atoms with van der Waals surface area (Å²) in [5.74, 6) is -0.104. The summed E-state index contributed by atoms with van der Waals surface area (Å²) in [5, 5.41) is 11.2. The van der Waals surface area contributed by atoms with Crippen molar-refractivity contribution in [3.63, 3.8) is 0 Å². The predicted octanol–water partition coefficient (Wildman–Crippen LogP) is 1.90. The molecule has 0 radical (unpaired) electrons. The number of aromatic nitrogens is 5. The molecule has 2 heterocycles. The lowest BCUT2D eigenvalue weighted by Gasteiger charge is -2.18. The summed E-state index contributed by atoms with van der Waals surface area (Å²) in [5.41, 5.74) is 1.97. The number of carbonyl (C=O) groups excluding carboxylic acids is 1. The molecule has 23 heavy (non-hydrogen) atoms. The molecule has 0 aliphatic heterocycles. The van der Waals surface area contributed by atoms with Gasteiger partial charge in [0.1, 0.15) is 18.7 Å². The molecule has 2 aromatic heterocycles. The number of rotatable bonds is 5. The van der Waals surface area contributed by atoms with Crippen molar-refractivity contribution in [2.45, 2.75) is 25.9 Å². The van der Waals surface area contributed by atoms with E-state index in [2.05, 4.69) is 20.5 Å². The SMILES string of the molecule is C[C@H](C(=O)N[C@H](C)c1cccc(-n2cccn2)c1)n1cncn1. The van der Waals surface area contributed by atoms with Crippen LogP contribution in [0.4, 0.5) is 0 Å². The Morgan fingerprint density at radius 1 is 1.22 bits per heavy atom. The van der Waals surface area contributed by atoms with Gasteiger partial charge < -0.3 is 5.32 Å². The normalized spacial score (nSPS) is 13.5. The van der Waals surface area contributed by atoms with E-state index in [0.29, 0.717) is 0 Å². The summed E-state index contributed by atoms with van der Waals surface area (Å²) in [7, 11) is 0. The Morgan fingerprint density at radius 3 is 2.78 bits per heavy atom. The van der Waals surface area contributed by atoms with E-state index in [9.17, 15) is 4.79 Å². The van der Waals surface area contributed by atoms with Crippen molar-refractivity contribution < 1.29 is 4.79 Å². The molecular weight excluding hydrogens is 292 g/mol. The van der Waals surface area contributed by atoms with E-state index in [1.807, 2.05) is 43.5 Å². The highest BCUT2D eigenvalue weighted by atomic mass is 16.2. The van der Waals surface area contributed by atoms with E-state index in [0.717, 1.165) is 11.3 Å². The minimum Gasteiger partial charge on any atom is -0.348 e. The van der Waals surface area contributed by atoms with Gasteiger partial charge in [0.15, 0.2) is 0 Å². The maximum atomic E-state index is 12.3. The van der Waals surface area contributed by atoms with E-state index >= 15 is 0 Å². The highest BCUT2D eigenvalue weighted by Gasteiger charge is 2.18. The molecule has 7 heteroatoms. The van der Waals surface area contributed by atoms with Crippen LogP contribution >= 0.6 is 0 Å². The third-order valence-electron chi connectivity index (χ3n) is 3.71. The maximum Gasteiger partial charge on any atom is 0.245 e. The van der Waals surface area contributed by atoms with Crippen LogP contribution in [0.5, 0.6) is 0 Å². The molecular formula is C16H18N6O. The zero-order valence-electron chi connectivity index (χ0n) is 13.0. The lowest BCUT2D eigenvalue weighted by atomic mass is 10.1. The molecule has 0 aliphatic carbocycles. The number of amides is 1. The van der Waals surface area contributed by atoms with E-state index in [1.165, 1.54) is 17.3 Å². The largest absolute Gasteiger partial charge is 0.348 e.